The van der Waals surface area contributed by atoms with E-state index < -0.39 is 0 Å². The quantitative estimate of drug-likeness (QED) is 0.728. The standard InChI is InChI=1S/C12H17NO/c1-2-14-12-7-5-6-11(10-12)13-8-3-4-9-13/h5-7,10H,2-4,8-9H2,1H3. The summed E-state index contributed by atoms with van der Waals surface area (Å²) in [4.78, 5) is 2.42. The molecule has 1 fully saturated rings. The van der Waals surface area contributed by atoms with Crippen LogP contribution in [-0.4, -0.2) is 19.7 Å². The van der Waals surface area contributed by atoms with Gasteiger partial charge in [-0.1, -0.05) is 6.07 Å². The maximum atomic E-state index is 5.48. The normalized spacial score (nSPS) is 15.9. The minimum absolute atomic E-state index is 0.740. The van der Waals surface area contributed by atoms with Gasteiger partial charge in [-0.2, -0.15) is 0 Å². The second-order valence-corrected chi connectivity index (χ2v) is 3.62. The van der Waals surface area contributed by atoms with Crippen molar-refractivity contribution < 1.29 is 4.74 Å². The predicted octanol–water partition coefficient (Wildman–Crippen LogP) is 2.69. The molecule has 1 aliphatic rings. The summed E-state index contributed by atoms with van der Waals surface area (Å²) in [5, 5.41) is 0. The molecule has 0 radical (unpaired) electrons. The summed E-state index contributed by atoms with van der Waals surface area (Å²) in [7, 11) is 0. The van der Waals surface area contributed by atoms with E-state index in [0.29, 0.717) is 0 Å². The molecule has 2 nitrogen and oxygen atoms in total. The topological polar surface area (TPSA) is 12.5 Å². The Morgan fingerprint density at radius 2 is 2.07 bits per heavy atom. The van der Waals surface area contributed by atoms with Crippen molar-refractivity contribution >= 4 is 5.69 Å². The number of hydrogen-bond acceptors (Lipinski definition) is 2. The maximum absolute atomic E-state index is 5.48. The molecule has 14 heavy (non-hydrogen) atoms. The number of hydrogen-bond donors (Lipinski definition) is 0. The lowest BCUT2D eigenvalue weighted by Gasteiger charge is -2.18. The number of rotatable bonds is 3. The van der Waals surface area contributed by atoms with E-state index in [1.165, 1.54) is 31.6 Å². The Hall–Kier alpha value is -1.18. The van der Waals surface area contributed by atoms with E-state index in [9.17, 15) is 0 Å². The Bertz CT molecular complexity index is 292. The fourth-order valence-electron chi connectivity index (χ4n) is 1.91. The van der Waals surface area contributed by atoms with Gasteiger partial charge in [-0.3, -0.25) is 0 Å². The summed E-state index contributed by atoms with van der Waals surface area (Å²) in [6.07, 6.45) is 2.64. The molecule has 1 aliphatic heterocycles. The number of benzene rings is 1. The molecule has 1 saturated heterocycles. The molecule has 0 bridgehead atoms. The summed E-state index contributed by atoms with van der Waals surface area (Å²) in [6.45, 7) is 5.14. The molecule has 0 aliphatic carbocycles. The van der Waals surface area contributed by atoms with E-state index in [1.54, 1.807) is 0 Å². The zero-order chi connectivity index (χ0) is 9.80. The largest absolute Gasteiger partial charge is 0.494 e. The lowest BCUT2D eigenvalue weighted by Crippen LogP contribution is -2.17. The van der Waals surface area contributed by atoms with E-state index in [2.05, 4.69) is 23.1 Å². The minimum atomic E-state index is 0.740. The summed E-state index contributed by atoms with van der Waals surface area (Å²) in [5.41, 5.74) is 1.30. The number of ether oxygens (including phenoxy) is 1. The van der Waals surface area contributed by atoms with Crippen molar-refractivity contribution in [2.45, 2.75) is 19.8 Å². The van der Waals surface area contributed by atoms with E-state index in [0.717, 1.165) is 12.4 Å². The summed E-state index contributed by atoms with van der Waals surface area (Å²) < 4.78 is 5.48. The molecule has 1 heterocycles. The van der Waals surface area contributed by atoms with Gasteiger partial charge in [0.1, 0.15) is 5.75 Å². The first-order chi connectivity index (χ1) is 6.90. The van der Waals surface area contributed by atoms with Gasteiger partial charge >= 0.3 is 0 Å². The summed E-state index contributed by atoms with van der Waals surface area (Å²) in [6, 6.07) is 8.38. The van der Waals surface area contributed by atoms with Crippen molar-refractivity contribution in [3.63, 3.8) is 0 Å². The van der Waals surface area contributed by atoms with Gasteiger partial charge in [0.05, 0.1) is 6.61 Å². The molecule has 2 rings (SSSR count). The van der Waals surface area contributed by atoms with E-state index in [1.807, 2.05) is 13.0 Å². The monoisotopic (exact) mass is 191 g/mol. The molecule has 76 valence electrons. The molecular weight excluding hydrogens is 174 g/mol. The van der Waals surface area contributed by atoms with Crippen molar-refractivity contribution in [2.24, 2.45) is 0 Å². The van der Waals surface area contributed by atoms with Crippen LogP contribution in [0.3, 0.4) is 0 Å². The second kappa shape index (κ2) is 4.36. The lowest BCUT2D eigenvalue weighted by molar-refractivity contribution is 0.340. The average Bonchev–Trinajstić information content (AvgIpc) is 2.71. The van der Waals surface area contributed by atoms with Gasteiger partial charge in [-0.05, 0) is 31.9 Å². The highest BCUT2D eigenvalue weighted by Crippen LogP contribution is 2.24. The van der Waals surface area contributed by atoms with Gasteiger partial charge in [-0.15, -0.1) is 0 Å². The number of nitrogens with zero attached hydrogens (tertiary/aromatic N) is 1. The zero-order valence-electron chi connectivity index (χ0n) is 8.70. The molecule has 0 N–H and O–H groups in total. The lowest BCUT2D eigenvalue weighted by atomic mass is 10.3. The predicted molar refractivity (Wildman–Crippen MR) is 59.1 cm³/mol. The van der Waals surface area contributed by atoms with Gasteiger partial charge in [0.2, 0.25) is 0 Å². The molecule has 0 atom stereocenters. The van der Waals surface area contributed by atoms with Crippen LogP contribution in [0.25, 0.3) is 0 Å². The molecule has 0 aromatic heterocycles. The summed E-state index contributed by atoms with van der Waals surface area (Å²) >= 11 is 0. The number of anilines is 1. The first-order valence-corrected chi connectivity index (χ1v) is 5.38. The van der Waals surface area contributed by atoms with Crippen molar-refractivity contribution in [1.82, 2.24) is 0 Å². The maximum Gasteiger partial charge on any atom is 0.121 e. The Balaban J connectivity index is 2.12. The van der Waals surface area contributed by atoms with E-state index in [-0.39, 0.29) is 0 Å². The smallest absolute Gasteiger partial charge is 0.121 e. The fraction of sp³-hybridized carbons (Fsp3) is 0.500. The van der Waals surface area contributed by atoms with Crippen LogP contribution in [0.15, 0.2) is 24.3 Å². The Morgan fingerprint density at radius 3 is 2.79 bits per heavy atom. The molecular formula is C12H17NO. The Morgan fingerprint density at radius 1 is 1.29 bits per heavy atom. The fourth-order valence-corrected chi connectivity index (χ4v) is 1.91. The molecule has 1 aromatic rings. The van der Waals surface area contributed by atoms with Gasteiger partial charge in [-0.25, -0.2) is 0 Å². The highest BCUT2D eigenvalue weighted by molar-refractivity contribution is 5.51. The van der Waals surface area contributed by atoms with Crippen molar-refractivity contribution in [3.05, 3.63) is 24.3 Å². The highest BCUT2D eigenvalue weighted by atomic mass is 16.5. The third kappa shape index (κ3) is 2.00. The Labute approximate surface area is 85.5 Å². The van der Waals surface area contributed by atoms with Crippen molar-refractivity contribution in [3.8, 4) is 5.75 Å². The molecule has 0 amide bonds. The van der Waals surface area contributed by atoms with Crippen LogP contribution >= 0.6 is 0 Å². The third-order valence-electron chi connectivity index (χ3n) is 2.60. The summed E-state index contributed by atoms with van der Waals surface area (Å²) in [5.74, 6) is 0.983. The minimum Gasteiger partial charge on any atom is -0.494 e. The van der Waals surface area contributed by atoms with Gasteiger partial charge in [0.25, 0.3) is 0 Å². The molecule has 0 spiro atoms. The van der Waals surface area contributed by atoms with E-state index >= 15 is 0 Å². The van der Waals surface area contributed by atoms with Crippen LogP contribution in [0.5, 0.6) is 5.75 Å². The second-order valence-electron chi connectivity index (χ2n) is 3.62. The van der Waals surface area contributed by atoms with E-state index in [4.69, 9.17) is 4.74 Å². The van der Waals surface area contributed by atoms with Crippen LogP contribution in [0.1, 0.15) is 19.8 Å². The highest BCUT2D eigenvalue weighted by Gasteiger charge is 2.12. The third-order valence-corrected chi connectivity index (χ3v) is 2.60. The Kier molecular flexibility index (Phi) is 2.92. The first-order valence-electron chi connectivity index (χ1n) is 5.38. The SMILES string of the molecule is CCOc1cccc(N2CCCC2)c1. The van der Waals surface area contributed by atoms with Crippen LogP contribution < -0.4 is 9.64 Å². The van der Waals surface area contributed by atoms with Crippen LogP contribution in [-0.2, 0) is 0 Å². The van der Waals surface area contributed by atoms with Gasteiger partial charge in [0.15, 0.2) is 0 Å². The van der Waals surface area contributed by atoms with Gasteiger partial charge in [0, 0.05) is 24.8 Å². The zero-order valence-corrected chi connectivity index (χ0v) is 8.70. The molecule has 0 unspecified atom stereocenters. The molecule has 2 heteroatoms. The van der Waals surface area contributed by atoms with Crippen molar-refractivity contribution in [1.29, 1.82) is 0 Å². The van der Waals surface area contributed by atoms with Crippen LogP contribution in [0.4, 0.5) is 5.69 Å². The van der Waals surface area contributed by atoms with Crippen LogP contribution in [0, 0.1) is 0 Å². The van der Waals surface area contributed by atoms with Gasteiger partial charge < -0.3 is 9.64 Å². The first kappa shape index (κ1) is 9.38. The average molecular weight is 191 g/mol. The molecule has 0 saturated carbocycles. The van der Waals surface area contributed by atoms with Crippen molar-refractivity contribution in [2.75, 3.05) is 24.6 Å². The van der Waals surface area contributed by atoms with Crippen LogP contribution in [0.2, 0.25) is 0 Å². The molecule has 1 aromatic carbocycles.